The normalized spacial score (nSPS) is 17.6. The van der Waals surface area contributed by atoms with Gasteiger partial charge < -0.3 is 14.7 Å². The fraction of sp³-hybridized carbons (Fsp3) is 0.154. The van der Waals surface area contributed by atoms with Crippen LogP contribution >= 0.6 is 0 Å². The van der Waals surface area contributed by atoms with Crippen molar-refractivity contribution in [1.82, 2.24) is 4.90 Å². The highest BCUT2D eigenvalue weighted by molar-refractivity contribution is 6.46. The smallest absolute Gasteiger partial charge is 0.295 e. The van der Waals surface area contributed by atoms with Crippen molar-refractivity contribution in [2.75, 3.05) is 6.61 Å². The Morgan fingerprint density at radius 1 is 0.969 bits per heavy atom. The van der Waals surface area contributed by atoms with Crippen molar-refractivity contribution in [2.24, 2.45) is 0 Å². The van der Waals surface area contributed by atoms with Crippen LogP contribution in [-0.4, -0.2) is 28.3 Å². The van der Waals surface area contributed by atoms with Gasteiger partial charge in [-0.2, -0.15) is 0 Å². The van der Waals surface area contributed by atoms with Crippen LogP contribution in [0, 0.1) is 5.82 Å². The molecule has 32 heavy (non-hydrogen) atoms. The number of hydrogen-bond acceptors (Lipinski definition) is 4. The largest absolute Gasteiger partial charge is 0.507 e. The van der Waals surface area contributed by atoms with Gasteiger partial charge in [-0.25, -0.2) is 4.39 Å². The quantitative estimate of drug-likeness (QED) is 0.344. The molecule has 4 rings (SSSR count). The molecule has 1 N–H and O–H groups in total. The van der Waals surface area contributed by atoms with E-state index >= 15 is 0 Å². The number of hydrogen-bond donors (Lipinski definition) is 1. The van der Waals surface area contributed by atoms with E-state index in [1.54, 1.807) is 48.5 Å². The number of Topliss-reactive ketones (excluding diaryl/α,β-unsaturated/α-hetero) is 1. The molecule has 1 aliphatic rings. The second-order valence-corrected chi connectivity index (χ2v) is 7.42. The first-order valence-electron chi connectivity index (χ1n) is 10.3. The van der Waals surface area contributed by atoms with Gasteiger partial charge in [0, 0.05) is 12.1 Å². The molecule has 1 atom stereocenters. The second-order valence-electron chi connectivity index (χ2n) is 7.42. The Morgan fingerprint density at radius 2 is 1.62 bits per heavy atom. The summed E-state index contributed by atoms with van der Waals surface area (Å²) in [6.45, 7) is 2.48. The average Bonchev–Trinajstić information content (AvgIpc) is 3.06. The number of benzene rings is 3. The van der Waals surface area contributed by atoms with Gasteiger partial charge >= 0.3 is 0 Å². The van der Waals surface area contributed by atoms with Crippen LogP contribution in [0.4, 0.5) is 4.39 Å². The summed E-state index contributed by atoms with van der Waals surface area (Å²) >= 11 is 0. The van der Waals surface area contributed by atoms with Crippen LogP contribution in [0.3, 0.4) is 0 Å². The van der Waals surface area contributed by atoms with Crippen LogP contribution in [0.25, 0.3) is 5.76 Å². The summed E-state index contributed by atoms with van der Waals surface area (Å²) < 4.78 is 18.8. The number of aliphatic hydroxyl groups excluding tert-OH is 1. The van der Waals surface area contributed by atoms with Gasteiger partial charge in [0.25, 0.3) is 11.7 Å². The van der Waals surface area contributed by atoms with E-state index in [0.717, 1.165) is 0 Å². The summed E-state index contributed by atoms with van der Waals surface area (Å²) in [6, 6.07) is 20.8. The highest BCUT2D eigenvalue weighted by Gasteiger charge is 2.46. The van der Waals surface area contributed by atoms with Crippen molar-refractivity contribution in [3.63, 3.8) is 0 Å². The van der Waals surface area contributed by atoms with Crippen molar-refractivity contribution in [3.05, 3.63) is 107 Å². The van der Waals surface area contributed by atoms with Crippen molar-refractivity contribution in [1.29, 1.82) is 0 Å². The first-order valence-corrected chi connectivity index (χ1v) is 10.3. The minimum absolute atomic E-state index is 0.0208. The van der Waals surface area contributed by atoms with E-state index in [1.807, 2.05) is 25.1 Å². The van der Waals surface area contributed by atoms with Gasteiger partial charge in [-0.1, -0.05) is 42.5 Å². The fourth-order valence-electron chi connectivity index (χ4n) is 3.84. The molecule has 6 heteroatoms. The zero-order valence-electron chi connectivity index (χ0n) is 17.5. The number of amides is 1. The highest BCUT2D eigenvalue weighted by Crippen LogP contribution is 2.40. The Balaban J connectivity index is 1.79. The van der Waals surface area contributed by atoms with E-state index in [-0.39, 0.29) is 23.7 Å². The molecule has 0 aliphatic carbocycles. The zero-order chi connectivity index (χ0) is 22.7. The van der Waals surface area contributed by atoms with Gasteiger partial charge in [-0.15, -0.1) is 0 Å². The van der Waals surface area contributed by atoms with Crippen molar-refractivity contribution in [3.8, 4) is 5.75 Å². The van der Waals surface area contributed by atoms with E-state index in [0.29, 0.717) is 29.0 Å². The molecule has 0 aromatic heterocycles. The third kappa shape index (κ3) is 4.12. The van der Waals surface area contributed by atoms with Gasteiger partial charge in [0.1, 0.15) is 17.3 Å². The Hall–Kier alpha value is -3.93. The molecule has 1 aliphatic heterocycles. The maximum Gasteiger partial charge on any atom is 0.295 e. The average molecular weight is 431 g/mol. The summed E-state index contributed by atoms with van der Waals surface area (Å²) in [6.07, 6.45) is 0. The maximum absolute atomic E-state index is 13.3. The minimum Gasteiger partial charge on any atom is -0.507 e. The molecular formula is C26H22FNO4. The third-order valence-corrected chi connectivity index (χ3v) is 5.36. The number of ether oxygens (including phenoxy) is 1. The molecule has 1 fully saturated rings. The highest BCUT2D eigenvalue weighted by atomic mass is 19.1. The molecule has 3 aromatic rings. The summed E-state index contributed by atoms with van der Waals surface area (Å²) in [7, 11) is 0. The first kappa shape index (κ1) is 21.3. The molecular weight excluding hydrogens is 409 g/mol. The first-order chi connectivity index (χ1) is 15.5. The van der Waals surface area contributed by atoms with Crippen LogP contribution in [0.5, 0.6) is 5.75 Å². The Labute approximate surface area is 185 Å². The summed E-state index contributed by atoms with van der Waals surface area (Å²) in [5.74, 6) is -1.46. The molecule has 1 unspecified atom stereocenters. The standard InChI is InChI=1S/C26H22FNO4/c1-2-32-21-14-10-19(11-15-21)24(29)22-23(18-6-4-3-5-7-18)28(26(31)25(22)30)16-17-8-12-20(27)13-9-17/h3-15,23,29H,2,16H2,1H3/b24-22-. The minimum atomic E-state index is -0.771. The van der Waals surface area contributed by atoms with Crippen LogP contribution < -0.4 is 4.74 Å². The number of ketones is 1. The summed E-state index contributed by atoms with van der Waals surface area (Å²) in [4.78, 5) is 27.4. The summed E-state index contributed by atoms with van der Waals surface area (Å²) in [5, 5.41) is 11.1. The lowest BCUT2D eigenvalue weighted by Gasteiger charge is -2.25. The van der Waals surface area contributed by atoms with Crippen molar-refractivity contribution >= 4 is 17.4 Å². The van der Waals surface area contributed by atoms with Crippen molar-refractivity contribution in [2.45, 2.75) is 19.5 Å². The lowest BCUT2D eigenvalue weighted by atomic mass is 9.95. The molecule has 0 saturated carbocycles. The molecule has 3 aromatic carbocycles. The molecule has 1 amide bonds. The van der Waals surface area contributed by atoms with Crippen LogP contribution in [-0.2, 0) is 16.1 Å². The SMILES string of the molecule is CCOc1ccc(/C(O)=C2/C(=O)C(=O)N(Cc3ccc(F)cc3)C2c2ccccc2)cc1. The predicted octanol–water partition coefficient (Wildman–Crippen LogP) is 4.85. The molecule has 1 saturated heterocycles. The molecule has 162 valence electrons. The Kier molecular flexibility index (Phi) is 6.03. The molecule has 5 nitrogen and oxygen atoms in total. The maximum atomic E-state index is 13.3. The Bertz CT molecular complexity index is 1150. The topological polar surface area (TPSA) is 66.8 Å². The lowest BCUT2D eigenvalue weighted by molar-refractivity contribution is -0.140. The van der Waals surface area contributed by atoms with Gasteiger partial charge in [0.05, 0.1) is 18.2 Å². The van der Waals surface area contributed by atoms with Gasteiger partial charge in [-0.3, -0.25) is 9.59 Å². The molecule has 1 heterocycles. The van der Waals surface area contributed by atoms with Gasteiger partial charge in [-0.05, 0) is 54.4 Å². The van der Waals surface area contributed by atoms with E-state index < -0.39 is 17.7 Å². The number of halogens is 1. The summed E-state index contributed by atoms with van der Waals surface area (Å²) in [5.41, 5.74) is 1.80. The number of nitrogens with zero attached hydrogens (tertiary/aromatic N) is 1. The molecule has 0 bridgehead atoms. The molecule has 0 radical (unpaired) electrons. The van der Waals surface area contributed by atoms with E-state index in [4.69, 9.17) is 4.74 Å². The van der Waals surface area contributed by atoms with Gasteiger partial charge in [0.2, 0.25) is 0 Å². The number of rotatable bonds is 6. The van der Waals surface area contributed by atoms with Crippen LogP contribution in [0.2, 0.25) is 0 Å². The molecule has 0 spiro atoms. The van der Waals surface area contributed by atoms with Crippen LogP contribution in [0.15, 0.2) is 84.4 Å². The zero-order valence-corrected chi connectivity index (χ0v) is 17.5. The third-order valence-electron chi connectivity index (χ3n) is 5.36. The van der Waals surface area contributed by atoms with E-state index in [9.17, 15) is 19.1 Å². The van der Waals surface area contributed by atoms with E-state index in [1.165, 1.54) is 17.0 Å². The monoisotopic (exact) mass is 431 g/mol. The van der Waals surface area contributed by atoms with Crippen LogP contribution in [0.1, 0.15) is 29.7 Å². The number of aliphatic hydroxyl groups is 1. The van der Waals surface area contributed by atoms with Crippen molar-refractivity contribution < 1.29 is 23.8 Å². The van der Waals surface area contributed by atoms with Gasteiger partial charge in [0.15, 0.2) is 0 Å². The fourth-order valence-corrected chi connectivity index (χ4v) is 3.84. The Morgan fingerprint density at radius 3 is 2.25 bits per heavy atom. The number of carbonyl (C=O) groups excluding carboxylic acids is 2. The predicted molar refractivity (Wildman–Crippen MR) is 118 cm³/mol. The number of likely N-dealkylation sites (tertiary alicyclic amines) is 1. The lowest BCUT2D eigenvalue weighted by Crippen LogP contribution is -2.29. The van der Waals surface area contributed by atoms with E-state index in [2.05, 4.69) is 0 Å². The number of carbonyl (C=O) groups is 2. The second kappa shape index (κ2) is 9.06.